The van der Waals surface area contributed by atoms with Crippen LogP contribution in [0.5, 0.6) is 0 Å². The van der Waals surface area contributed by atoms with E-state index in [4.69, 9.17) is 5.73 Å². The van der Waals surface area contributed by atoms with Crippen LogP contribution < -0.4 is 11.1 Å². The first-order chi connectivity index (χ1) is 8.70. The summed E-state index contributed by atoms with van der Waals surface area (Å²) in [4.78, 5) is 11.8. The second-order valence-electron chi connectivity index (χ2n) is 4.41. The van der Waals surface area contributed by atoms with Gasteiger partial charge in [0.2, 0.25) is 5.91 Å². The first kappa shape index (κ1) is 12.6. The van der Waals surface area contributed by atoms with Crippen LogP contribution in [0.4, 0.5) is 5.69 Å². The van der Waals surface area contributed by atoms with Crippen LogP contribution in [0.1, 0.15) is 26.2 Å². The minimum Gasteiger partial charge on any atom is -0.325 e. The fraction of sp³-hybridized carbons (Fsp3) is 0.385. The highest BCUT2D eigenvalue weighted by Crippen LogP contribution is 2.16. The third-order valence-corrected chi connectivity index (χ3v) is 2.91. The Labute approximate surface area is 106 Å². The quantitative estimate of drug-likeness (QED) is 0.754. The summed E-state index contributed by atoms with van der Waals surface area (Å²) >= 11 is 0. The van der Waals surface area contributed by atoms with Gasteiger partial charge in [0, 0.05) is 11.1 Å². The summed E-state index contributed by atoms with van der Waals surface area (Å²) in [7, 11) is 0. The minimum atomic E-state index is -0.442. The molecule has 4 N–H and O–H groups in total. The van der Waals surface area contributed by atoms with Gasteiger partial charge >= 0.3 is 0 Å². The van der Waals surface area contributed by atoms with Gasteiger partial charge < -0.3 is 11.1 Å². The molecule has 1 aromatic carbocycles. The smallest absolute Gasteiger partial charge is 0.241 e. The van der Waals surface area contributed by atoms with Crippen LogP contribution in [-0.2, 0) is 4.79 Å². The molecule has 0 radical (unpaired) electrons. The summed E-state index contributed by atoms with van der Waals surface area (Å²) in [5, 5.41) is 10.6. The second-order valence-corrected chi connectivity index (χ2v) is 4.41. The monoisotopic (exact) mass is 246 g/mol. The van der Waals surface area contributed by atoms with Crippen LogP contribution in [-0.4, -0.2) is 22.1 Å². The number of carbonyl (C=O) groups excluding carboxylic acids is 1. The van der Waals surface area contributed by atoms with Crippen LogP contribution in [0.3, 0.4) is 0 Å². The fourth-order valence-corrected chi connectivity index (χ4v) is 1.80. The third kappa shape index (κ3) is 2.87. The highest BCUT2D eigenvalue weighted by molar-refractivity contribution is 5.96. The van der Waals surface area contributed by atoms with Crippen LogP contribution in [0.25, 0.3) is 10.9 Å². The van der Waals surface area contributed by atoms with Gasteiger partial charge in [-0.25, -0.2) is 0 Å². The molecule has 0 aliphatic rings. The van der Waals surface area contributed by atoms with E-state index in [-0.39, 0.29) is 5.91 Å². The SMILES string of the molecule is CCCCC(N)C(=O)Nc1ccc2cn[nH]c2c1. The number of benzene rings is 1. The number of nitrogens with two attached hydrogens (primary N) is 1. The average Bonchev–Trinajstić information content (AvgIpc) is 2.83. The number of aromatic nitrogens is 2. The molecular formula is C13H18N4O. The number of H-pyrrole nitrogens is 1. The minimum absolute atomic E-state index is 0.137. The molecule has 5 nitrogen and oxygen atoms in total. The molecule has 1 heterocycles. The number of carbonyl (C=O) groups is 1. The van der Waals surface area contributed by atoms with Crippen LogP contribution >= 0.6 is 0 Å². The van der Waals surface area contributed by atoms with Gasteiger partial charge in [-0.2, -0.15) is 5.10 Å². The van der Waals surface area contributed by atoms with Crippen molar-refractivity contribution in [2.75, 3.05) is 5.32 Å². The Morgan fingerprint density at radius 3 is 3.17 bits per heavy atom. The first-order valence-corrected chi connectivity index (χ1v) is 6.20. The highest BCUT2D eigenvalue weighted by atomic mass is 16.2. The third-order valence-electron chi connectivity index (χ3n) is 2.91. The van der Waals surface area contributed by atoms with Crippen molar-refractivity contribution in [2.24, 2.45) is 5.73 Å². The summed E-state index contributed by atoms with van der Waals surface area (Å²) < 4.78 is 0. The lowest BCUT2D eigenvalue weighted by atomic mass is 10.1. The van der Waals surface area contributed by atoms with Gasteiger partial charge in [0.05, 0.1) is 17.8 Å². The van der Waals surface area contributed by atoms with Gasteiger partial charge in [-0.15, -0.1) is 0 Å². The maximum absolute atomic E-state index is 11.8. The molecule has 5 heteroatoms. The zero-order chi connectivity index (χ0) is 13.0. The van der Waals surface area contributed by atoms with Crippen LogP contribution in [0.2, 0.25) is 0 Å². The van der Waals surface area contributed by atoms with E-state index in [2.05, 4.69) is 22.4 Å². The molecule has 0 bridgehead atoms. The topological polar surface area (TPSA) is 83.8 Å². The molecule has 0 aliphatic carbocycles. The Kier molecular flexibility index (Phi) is 3.94. The number of hydrogen-bond acceptors (Lipinski definition) is 3. The molecule has 2 rings (SSSR count). The van der Waals surface area contributed by atoms with E-state index in [0.717, 1.165) is 29.4 Å². The normalized spacial score (nSPS) is 12.6. The first-order valence-electron chi connectivity index (χ1n) is 6.20. The Morgan fingerprint density at radius 1 is 1.56 bits per heavy atom. The maximum atomic E-state index is 11.8. The van der Waals surface area contributed by atoms with Crippen molar-refractivity contribution in [2.45, 2.75) is 32.2 Å². The van der Waals surface area contributed by atoms with Gasteiger partial charge in [0.25, 0.3) is 0 Å². The number of hydrogen-bond donors (Lipinski definition) is 3. The standard InChI is InChI=1S/C13H18N4O/c1-2-3-4-11(14)13(18)16-10-6-5-9-8-15-17-12(9)7-10/h5-8,11H,2-4,14H2,1H3,(H,15,17)(H,16,18). The van der Waals surface area contributed by atoms with Crippen LogP contribution in [0, 0.1) is 0 Å². The molecule has 0 aliphatic heterocycles. The molecule has 18 heavy (non-hydrogen) atoms. The molecule has 1 unspecified atom stereocenters. The number of nitrogens with zero attached hydrogens (tertiary/aromatic N) is 1. The molecule has 0 saturated heterocycles. The van der Waals surface area contributed by atoms with Gasteiger partial charge in [-0.1, -0.05) is 19.8 Å². The van der Waals surface area contributed by atoms with Crippen molar-refractivity contribution in [1.29, 1.82) is 0 Å². The molecular weight excluding hydrogens is 228 g/mol. The second kappa shape index (κ2) is 5.64. The summed E-state index contributed by atoms with van der Waals surface area (Å²) in [5.74, 6) is -0.137. The van der Waals surface area contributed by atoms with Gasteiger partial charge in [0.15, 0.2) is 0 Å². The lowest BCUT2D eigenvalue weighted by Crippen LogP contribution is -2.35. The number of nitrogens with one attached hydrogen (secondary N) is 2. The van der Waals surface area contributed by atoms with Gasteiger partial charge in [0.1, 0.15) is 0 Å². The lowest BCUT2D eigenvalue weighted by molar-refractivity contribution is -0.117. The summed E-state index contributed by atoms with van der Waals surface area (Å²) in [6.45, 7) is 2.08. The molecule has 1 aromatic heterocycles. The molecule has 96 valence electrons. The number of amides is 1. The van der Waals surface area contributed by atoms with E-state index >= 15 is 0 Å². The molecule has 1 atom stereocenters. The Hall–Kier alpha value is -1.88. The zero-order valence-corrected chi connectivity index (χ0v) is 10.4. The van der Waals surface area contributed by atoms with Crippen molar-refractivity contribution in [3.63, 3.8) is 0 Å². The summed E-state index contributed by atoms with van der Waals surface area (Å²) in [5.41, 5.74) is 7.45. The van der Waals surface area contributed by atoms with E-state index in [1.54, 1.807) is 6.20 Å². The predicted molar refractivity (Wildman–Crippen MR) is 72.2 cm³/mol. The van der Waals surface area contributed by atoms with Crippen molar-refractivity contribution >= 4 is 22.5 Å². The number of rotatable bonds is 5. The Balaban J connectivity index is 2.01. The lowest BCUT2D eigenvalue weighted by Gasteiger charge is -2.11. The van der Waals surface area contributed by atoms with E-state index in [9.17, 15) is 4.79 Å². The van der Waals surface area contributed by atoms with Crippen molar-refractivity contribution in [1.82, 2.24) is 10.2 Å². The van der Waals surface area contributed by atoms with E-state index in [1.807, 2.05) is 18.2 Å². The molecule has 2 aromatic rings. The number of unbranched alkanes of at least 4 members (excludes halogenated alkanes) is 1. The van der Waals surface area contributed by atoms with E-state index in [0.29, 0.717) is 6.42 Å². The van der Waals surface area contributed by atoms with Crippen molar-refractivity contribution in [3.8, 4) is 0 Å². The van der Waals surface area contributed by atoms with Crippen LogP contribution in [0.15, 0.2) is 24.4 Å². The number of anilines is 1. The predicted octanol–water partition coefficient (Wildman–Crippen LogP) is 2.02. The van der Waals surface area contributed by atoms with Gasteiger partial charge in [-0.3, -0.25) is 9.89 Å². The van der Waals surface area contributed by atoms with Crippen molar-refractivity contribution in [3.05, 3.63) is 24.4 Å². The molecule has 0 fully saturated rings. The summed E-state index contributed by atoms with van der Waals surface area (Å²) in [6.07, 6.45) is 4.47. The Bertz CT molecular complexity index is 535. The van der Waals surface area contributed by atoms with Gasteiger partial charge in [-0.05, 0) is 24.6 Å². The molecule has 0 saturated carbocycles. The van der Waals surface area contributed by atoms with E-state index < -0.39 is 6.04 Å². The summed E-state index contributed by atoms with van der Waals surface area (Å²) in [6, 6.07) is 5.17. The molecule has 0 spiro atoms. The average molecular weight is 246 g/mol. The Morgan fingerprint density at radius 2 is 2.39 bits per heavy atom. The largest absolute Gasteiger partial charge is 0.325 e. The zero-order valence-electron chi connectivity index (χ0n) is 10.4. The number of fused-ring (bicyclic) bond motifs is 1. The number of aromatic amines is 1. The highest BCUT2D eigenvalue weighted by Gasteiger charge is 2.12. The molecule has 1 amide bonds. The van der Waals surface area contributed by atoms with E-state index in [1.165, 1.54) is 0 Å². The maximum Gasteiger partial charge on any atom is 0.241 e. The van der Waals surface area contributed by atoms with Crippen molar-refractivity contribution < 1.29 is 4.79 Å². The fourth-order valence-electron chi connectivity index (χ4n) is 1.80.